The van der Waals surface area contributed by atoms with Crippen molar-refractivity contribution in [1.82, 2.24) is 15.0 Å². The number of hydrogen-bond acceptors (Lipinski definition) is 3. The molecule has 3 heteroatoms. The van der Waals surface area contributed by atoms with Crippen LogP contribution in [0.2, 0.25) is 0 Å². The predicted molar refractivity (Wildman–Crippen MR) is 263 cm³/mol. The van der Waals surface area contributed by atoms with Crippen LogP contribution in [0.4, 0.5) is 0 Å². The molecule has 0 atom stereocenters. The van der Waals surface area contributed by atoms with Gasteiger partial charge in [0.15, 0.2) is 5.82 Å². The van der Waals surface area contributed by atoms with Crippen LogP contribution in [0, 0.1) is 0 Å². The van der Waals surface area contributed by atoms with Crippen molar-refractivity contribution in [1.29, 1.82) is 0 Å². The molecule has 2 heterocycles. The highest BCUT2D eigenvalue weighted by Crippen LogP contribution is 2.54. The predicted octanol–water partition coefficient (Wildman–Crippen LogP) is 15.6. The van der Waals surface area contributed by atoms with E-state index >= 15 is 0 Å². The van der Waals surface area contributed by atoms with Crippen LogP contribution in [0.5, 0.6) is 0 Å². The first kappa shape index (κ1) is 36.8. The summed E-state index contributed by atoms with van der Waals surface area (Å²) in [6, 6.07) is 76.0. The summed E-state index contributed by atoms with van der Waals surface area (Å²) >= 11 is 0. The van der Waals surface area contributed by atoms with E-state index in [1.54, 1.807) is 0 Å². The minimum atomic E-state index is -0.232. The molecule has 0 amide bonds. The number of nitrogens with zero attached hydrogens (tertiary/aromatic N) is 3. The number of rotatable bonds is 6. The molecule has 0 spiro atoms. The second-order valence-corrected chi connectivity index (χ2v) is 17.2. The fraction of sp³-hybridized carbons (Fsp3) is 0.0500. The van der Waals surface area contributed by atoms with Gasteiger partial charge in [0.25, 0.3) is 0 Å². The van der Waals surface area contributed by atoms with E-state index in [4.69, 9.17) is 15.0 Å². The van der Waals surface area contributed by atoms with Crippen molar-refractivity contribution in [3.05, 3.63) is 223 Å². The van der Waals surface area contributed by atoms with Crippen molar-refractivity contribution in [2.24, 2.45) is 0 Å². The Balaban J connectivity index is 0.993. The summed E-state index contributed by atoms with van der Waals surface area (Å²) in [6.45, 7) is 4.71. The van der Waals surface area contributed by atoms with Gasteiger partial charge in [0, 0.05) is 33.1 Å². The number of hydrogen-bond donors (Lipinski definition) is 0. The van der Waals surface area contributed by atoms with E-state index in [0.717, 1.165) is 50.2 Å². The van der Waals surface area contributed by atoms with Crippen LogP contribution >= 0.6 is 0 Å². The molecule has 0 bridgehead atoms. The minimum Gasteiger partial charge on any atom is -0.247 e. The summed E-state index contributed by atoms with van der Waals surface area (Å²) in [4.78, 5) is 15.9. The second-order valence-electron chi connectivity index (χ2n) is 17.2. The van der Waals surface area contributed by atoms with Crippen LogP contribution in [0.1, 0.15) is 25.0 Å². The molecule has 296 valence electrons. The van der Waals surface area contributed by atoms with Gasteiger partial charge in [0.2, 0.25) is 0 Å². The molecule has 0 radical (unpaired) electrons. The summed E-state index contributed by atoms with van der Waals surface area (Å²) in [5.41, 5.74) is 17.7. The molecule has 12 rings (SSSR count). The molecule has 63 heavy (non-hydrogen) atoms. The zero-order valence-electron chi connectivity index (χ0n) is 35.0. The van der Waals surface area contributed by atoms with Crippen LogP contribution in [0.15, 0.2) is 212 Å². The van der Waals surface area contributed by atoms with Gasteiger partial charge in [-0.05, 0) is 90.3 Å². The lowest BCUT2D eigenvalue weighted by molar-refractivity contribution is 0.662. The van der Waals surface area contributed by atoms with Gasteiger partial charge in [0.05, 0.1) is 22.6 Å². The Morgan fingerprint density at radius 2 is 0.873 bits per heavy atom. The maximum Gasteiger partial charge on any atom is 0.160 e. The van der Waals surface area contributed by atoms with Crippen molar-refractivity contribution < 1.29 is 0 Å². The van der Waals surface area contributed by atoms with Gasteiger partial charge < -0.3 is 0 Å². The number of pyridine rings is 1. The molecular formula is C60H41N3. The molecule has 1 aliphatic rings. The third kappa shape index (κ3) is 6.23. The van der Waals surface area contributed by atoms with E-state index in [-0.39, 0.29) is 5.41 Å². The Labute approximate surface area is 367 Å². The average Bonchev–Trinajstić information content (AvgIpc) is 3.58. The van der Waals surface area contributed by atoms with Crippen molar-refractivity contribution in [2.45, 2.75) is 19.3 Å². The van der Waals surface area contributed by atoms with Crippen LogP contribution in [0.3, 0.4) is 0 Å². The first-order valence-corrected chi connectivity index (χ1v) is 21.7. The standard InChI is InChI=1S/C60H41N3/c1-60(2)51-20-12-11-19-50(51)58-57(60)55(56-49-18-10-9-17-42(49)33-34-52(56)61-58)48-32-30-45-35-47(31-29-46(45)36-48)54-37-53(43-25-21-40(22-26-43)38-13-5-3-6-14-38)62-59(63-54)44-27-23-41(24-28-44)39-15-7-4-8-16-39/h3-37H,1-2H3. The SMILES string of the molecule is CC1(C)c2ccccc2-c2nc3ccc4ccccc4c3c(-c3ccc4cc(-c5cc(-c6ccc(-c7ccccc7)cc6)nc(-c6ccc(-c7ccccc7)cc6)n5)ccc4c3)c21. The fourth-order valence-electron chi connectivity index (χ4n) is 9.84. The minimum absolute atomic E-state index is 0.232. The van der Waals surface area contributed by atoms with Gasteiger partial charge in [-0.1, -0.05) is 202 Å². The Hall–Kier alpha value is -8.01. The molecule has 0 saturated carbocycles. The molecule has 11 aromatic rings. The van der Waals surface area contributed by atoms with E-state index < -0.39 is 0 Å². The van der Waals surface area contributed by atoms with E-state index in [0.29, 0.717) is 5.82 Å². The van der Waals surface area contributed by atoms with Crippen LogP contribution in [-0.4, -0.2) is 15.0 Å². The monoisotopic (exact) mass is 803 g/mol. The zero-order valence-corrected chi connectivity index (χ0v) is 35.0. The summed E-state index contributed by atoms with van der Waals surface area (Å²) in [5, 5.41) is 5.97. The molecule has 9 aromatic carbocycles. The number of fused-ring (bicyclic) bond motifs is 7. The maximum atomic E-state index is 5.42. The first-order chi connectivity index (χ1) is 31.0. The highest BCUT2D eigenvalue weighted by atomic mass is 14.9. The van der Waals surface area contributed by atoms with Crippen molar-refractivity contribution in [3.63, 3.8) is 0 Å². The fourth-order valence-corrected chi connectivity index (χ4v) is 9.84. The normalized spacial score (nSPS) is 12.7. The van der Waals surface area contributed by atoms with E-state index in [1.165, 1.54) is 66.1 Å². The molecule has 0 N–H and O–H groups in total. The third-order valence-electron chi connectivity index (χ3n) is 13.0. The zero-order chi connectivity index (χ0) is 42.1. The van der Waals surface area contributed by atoms with E-state index in [9.17, 15) is 0 Å². The van der Waals surface area contributed by atoms with Crippen LogP contribution in [-0.2, 0) is 5.41 Å². The summed E-state index contributed by atoms with van der Waals surface area (Å²) in [6.07, 6.45) is 0. The van der Waals surface area contributed by atoms with Gasteiger partial charge in [-0.2, -0.15) is 0 Å². The third-order valence-corrected chi connectivity index (χ3v) is 13.0. The van der Waals surface area contributed by atoms with Crippen molar-refractivity contribution in [2.75, 3.05) is 0 Å². The molecule has 3 nitrogen and oxygen atoms in total. The Bertz CT molecular complexity index is 3450. The van der Waals surface area contributed by atoms with Gasteiger partial charge in [0.1, 0.15) is 0 Å². The molecule has 2 aromatic heterocycles. The lowest BCUT2D eigenvalue weighted by Crippen LogP contribution is -2.16. The lowest BCUT2D eigenvalue weighted by Gasteiger charge is -2.26. The molecule has 0 saturated heterocycles. The Kier molecular flexibility index (Phi) is 8.52. The highest BCUT2D eigenvalue weighted by molar-refractivity contribution is 6.16. The molecule has 0 fully saturated rings. The van der Waals surface area contributed by atoms with E-state index in [1.807, 2.05) is 6.07 Å². The Morgan fingerprint density at radius 1 is 0.365 bits per heavy atom. The summed E-state index contributed by atoms with van der Waals surface area (Å²) in [5.74, 6) is 0.693. The van der Waals surface area contributed by atoms with Crippen molar-refractivity contribution in [3.8, 4) is 78.5 Å². The van der Waals surface area contributed by atoms with Gasteiger partial charge in [-0.3, -0.25) is 0 Å². The molecule has 0 unspecified atom stereocenters. The molecule has 1 aliphatic carbocycles. The van der Waals surface area contributed by atoms with E-state index in [2.05, 4.69) is 220 Å². The average molecular weight is 804 g/mol. The summed E-state index contributed by atoms with van der Waals surface area (Å²) in [7, 11) is 0. The van der Waals surface area contributed by atoms with Gasteiger partial charge in [-0.15, -0.1) is 0 Å². The number of benzene rings is 9. The highest BCUT2D eigenvalue weighted by Gasteiger charge is 2.39. The van der Waals surface area contributed by atoms with Crippen LogP contribution in [0.25, 0.3) is 111 Å². The molecule has 0 aliphatic heterocycles. The summed E-state index contributed by atoms with van der Waals surface area (Å²) < 4.78 is 0. The maximum absolute atomic E-state index is 5.42. The van der Waals surface area contributed by atoms with Crippen molar-refractivity contribution >= 4 is 32.4 Å². The first-order valence-electron chi connectivity index (χ1n) is 21.7. The van der Waals surface area contributed by atoms with Gasteiger partial charge in [-0.25, -0.2) is 15.0 Å². The lowest BCUT2D eigenvalue weighted by atomic mass is 9.78. The van der Waals surface area contributed by atoms with Gasteiger partial charge >= 0.3 is 0 Å². The smallest absolute Gasteiger partial charge is 0.160 e. The largest absolute Gasteiger partial charge is 0.247 e. The topological polar surface area (TPSA) is 38.7 Å². The number of aromatic nitrogens is 3. The quantitative estimate of drug-likeness (QED) is 0.157. The second kappa shape index (κ2) is 14.6. The molecular weight excluding hydrogens is 763 g/mol. The van der Waals surface area contributed by atoms with Crippen LogP contribution < -0.4 is 0 Å². The Morgan fingerprint density at radius 3 is 1.57 bits per heavy atom.